The standard InChI is InChI=1S/C12H16ClNO2/c1-12(6-3-7-14-12)8-4-5-9(13)11(16-2)10(8)15/h4-5,14-15H,3,6-7H2,1-2H3. The molecule has 88 valence electrons. The third-order valence-electron chi connectivity index (χ3n) is 3.25. The van der Waals surface area contributed by atoms with Crippen molar-refractivity contribution in [3.8, 4) is 11.5 Å². The van der Waals surface area contributed by atoms with Crippen molar-refractivity contribution in [2.45, 2.75) is 25.3 Å². The van der Waals surface area contributed by atoms with Crippen LogP contribution in [0.5, 0.6) is 11.5 Å². The van der Waals surface area contributed by atoms with Gasteiger partial charge in [-0.15, -0.1) is 0 Å². The van der Waals surface area contributed by atoms with E-state index in [0.29, 0.717) is 10.8 Å². The quantitative estimate of drug-likeness (QED) is 0.837. The number of rotatable bonds is 2. The van der Waals surface area contributed by atoms with Crippen molar-refractivity contribution in [3.05, 3.63) is 22.7 Å². The van der Waals surface area contributed by atoms with Gasteiger partial charge in [0.05, 0.1) is 12.1 Å². The first kappa shape index (κ1) is 11.6. The van der Waals surface area contributed by atoms with Crippen molar-refractivity contribution in [1.29, 1.82) is 0 Å². The number of phenols is 1. The molecule has 0 aromatic heterocycles. The summed E-state index contributed by atoms with van der Waals surface area (Å²) in [5.41, 5.74) is 0.674. The third kappa shape index (κ3) is 1.74. The zero-order chi connectivity index (χ0) is 11.8. The van der Waals surface area contributed by atoms with Gasteiger partial charge in [0.2, 0.25) is 0 Å². The van der Waals surface area contributed by atoms with Crippen LogP contribution >= 0.6 is 11.6 Å². The predicted octanol–water partition coefficient (Wildman–Crippen LogP) is 2.65. The van der Waals surface area contributed by atoms with Crippen LogP contribution in [0.4, 0.5) is 0 Å². The minimum absolute atomic E-state index is 0.145. The van der Waals surface area contributed by atoms with Crippen LogP contribution < -0.4 is 10.1 Å². The van der Waals surface area contributed by atoms with E-state index in [2.05, 4.69) is 12.2 Å². The van der Waals surface area contributed by atoms with Crippen molar-refractivity contribution in [2.24, 2.45) is 0 Å². The molecule has 1 unspecified atom stereocenters. The zero-order valence-electron chi connectivity index (χ0n) is 9.51. The van der Waals surface area contributed by atoms with Gasteiger partial charge in [0, 0.05) is 11.1 Å². The molecule has 1 saturated heterocycles. The lowest BCUT2D eigenvalue weighted by atomic mass is 9.89. The molecule has 0 aliphatic carbocycles. The molecule has 1 aromatic carbocycles. The van der Waals surface area contributed by atoms with E-state index in [1.165, 1.54) is 7.11 Å². The molecule has 16 heavy (non-hydrogen) atoms. The maximum absolute atomic E-state index is 10.1. The van der Waals surface area contributed by atoms with Crippen LogP contribution in [0.25, 0.3) is 0 Å². The molecule has 1 heterocycles. The summed E-state index contributed by atoms with van der Waals surface area (Å²) >= 11 is 5.95. The fraction of sp³-hybridized carbons (Fsp3) is 0.500. The van der Waals surface area contributed by atoms with E-state index in [1.54, 1.807) is 6.07 Å². The summed E-state index contributed by atoms with van der Waals surface area (Å²) in [5, 5.41) is 14.0. The Morgan fingerprint density at radius 2 is 2.25 bits per heavy atom. The second kappa shape index (κ2) is 4.15. The first-order valence-corrected chi connectivity index (χ1v) is 5.77. The molecule has 2 rings (SSSR count). The highest BCUT2D eigenvalue weighted by Gasteiger charge is 2.33. The summed E-state index contributed by atoms with van der Waals surface area (Å²) in [6.45, 7) is 3.06. The van der Waals surface area contributed by atoms with Crippen LogP contribution in [0, 0.1) is 0 Å². The molecule has 3 nitrogen and oxygen atoms in total. The average molecular weight is 242 g/mol. The molecule has 1 aliphatic heterocycles. The molecule has 0 saturated carbocycles. The van der Waals surface area contributed by atoms with Gasteiger partial charge >= 0.3 is 0 Å². The molecule has 0 spiro atoms. The molecule has 0 bridgehead atoms. The number of halogens is 1. The predicted molar refractivity (Wildman–Crippen MR) is 64.3 cm³/mol. The number of hydrogen-bond donors (Lipinski definition) is 2. The lowest BCUT2D eigenvalue weighted by Gasteiger charge is -2.26. The van der Waals surface area contributed by atoms with Crippen molar-refractivity contribution in [2.75, 3.05) is 13.7 Å². The molecule has 1 fully saturated rings. The normalized spacial score (nSPS) is 24.7. The summed E-state index contributed by atoms with van der Waals surface area (Å²) < 4.78 is 5.11. The van der Waals surface area contributed by atoms with Crippen LogP contribution in [0.15, 0.2) is 12.1 Å². The molecule has 4 heteroatoms. The van der Waals surface area contributed by atoms with E-state index >= 15 is 0 Å². The maximum atomic E-state index is 10.1. The monoisotopic (exact) mass is 241 g/mol. The van der Waals surface area contributed by atoms with Crippen molar-refractivity contribution in [3.63, 3.8) is 0 Å². The van der Waals surface area contributed by atoms with Gasteiger partial charge in [-0.2, -0.15) is 0 Å². The highest BCUT2D eigenvalue weighted by molar-refractivity contribution is 6.32. The molecular formula is C12H16ClNO2. The van der Waals surface area contributed by atoms with E-state index in [0.717, 1.165) is 24.9 Å². The van der Waals surface area contributed by atoms with Crippen molar-refractivity contribution >= 4 is 11.6 Å². The Labute approximate surface area is 100 Å². The average Bonchev–Trinajstić information content (AvgIpc) is 2.66. The van der Waals surface area contributed by atoms with Crippen LogP contribution in [-0.4, -0.2) is 18.8 Å². The minimum Gasteiger partial charge on any atom is -0.504 e. The molecule has 1 atom stereocenters. The fourth-order valence-corrected chi connectivity index (χ4v) is 2.54. The molecule has 1 aromatic rings. The van der Waals surface area contributed by atoms with Gasteiger partial charge in [-0.1, -0.05) is 17.7 Å². The second-order valence-corrected chi connectivity index (χ2v) is 4.75. The van der Waals surface area contributed by atoms with Gasteiger partial charge in [0.15, 0.2) is 11.5 Å². The summed E-state index contributed by atoms with van der Waals surface area (Å²) in [5.74, 6) is 0.501. The number of ether oxygens (including phenoxy) is 1. The number of nitrogens with one attached hydrogen (secondary N) is 1. The van der Waals surface area contributed by atoms with Crippen molar-refractivity contribution < 1.29 is 9.84 Å². The van der Waals surface area contributed by atoms with Gasteiger partial charge in [0.25, 0.3) is 0 Å². The molecule has 1 aliphatic rings. The molecule has 2 N–H and O–H groups in total. The van der Waals surface area contributed by atoms with Crippen LogP contribution in [0.1, 0.15) is 25.3 Å². The zero-order valence-corrected chi connectivity index (χ0v) is 10.3. The van der Waals surface area contributed by atoms with E-state index < -0.39 is 0 Å². The number of phenolic OH excluding ortho intramolecular Hbond substituents is 1. The van der Waals surface area contributed by atoms with Gasteiger partial charge in [-0.25, -0.2) is 0 Å². The summed E-state index contributed by atoms with van der Waals surface area (Å²) in [4.78, 5) is 0. The van der Waals surface area contributed by atoms with Crippen molar-refractivity contribution in [1.82, 2.24) is 5.32 Å². The Bertz CT molecular complexity index is 400. The third-order valence-corrected chi connectivity index (χ3v) is 3.55. The van der Waals surface area contributed by atoms with Crippen LogP contribution in [0.3, 0.4) is 0 Å². The topological polar surface area (TPSA) is 41.5 Å². The fourth-order valence-electron chi connectivity index (χ4n) is 2.31. The van der Waals surface area contributed by atoms with E-state index in [9.17, 15) is 5.11 Å². The minimum atomic E-state index is -0.179. The Morgan fingerprint density at radius 1 is 1.50 bits per heavy atom. The Balaban J connectivity index is 2.49. The summed E-state index contributed by atoms with van der Waals surface area (Å²) in [7, 11) is 1.51. The Morgan fingerprint density at radius 3 is 2.81 bits per heavy atom. The van der Waals surface area contributed by atoms with Crippen LogP contribution in [-0.2, 0) is 5.54 Å². The Hall–Kier alpha value is -0.930. The van der Waals surface area contributed by atoms with Gasteiger partial charge in [0.1, 0.15) is 0 Å². The number of hydrogen-bond acceptors (Lipinski definition) is 3. The van der Waals surface area contributed by atoms with Gasteiger partial charge in [-0.3, -0.25) is 0 Å². The lowest BCUT2D eigenvalue weighted by Crippen LogP contribution is -2.33. The number of methoxy groups -OCH3 is 1. The smallest absolute Gasteiger partial charge is 0.179 e. The Kier molecular flexibility index (Phi) is 3.00. The van der Waals surface area contributed by atoms with E-state index in [1.807, 2.05) is 6.07 Å². The number of benzene rings is 1. The highest BCUT2D eigenvalue weighted by atomic mass is 35.5. The van der Waals surface area contributed by atoms with Gasteiger partial charge < -0.3 is 15.2 Å². The molecule has 0 radical (unpaired) electrons. The SMILES string of the molecule is COc1c(Cl)ccc(C2(C)CCCN2)c1O. The van der Waals surface area contributed by atoms with E-state index in [-0.39, 0.29) is 11.3 Å². The molecule has 0 amide bonds. The van der Waals surface area contributed by atoms with Crippen LogP contribution in [0.2, 0.25) is 5.02 Å². The first-order valence-electron chi connectivity index (χ1n) is 5.39. The molecular weight excluding hydrogens is 226 g/mol. The highest BCUT2D eigenvalue weighted by Crippen LogP contribution is 2.43. The summed E-state index contributed by atoms with van der Waals surface area (Å²) in [6.07, 6.45) is 2.12. The lowest BCUT2D eigenvalue weighted by molar-refractivity contribution is 0.351. The summed E-state index contributed by atoms with van der Waals surface area (Å²) in [6, 6.07) is 3.62. The number of aromatic hydroxyl groups is 1. The largest absolute Gasteiger partial charge is 0.504 e. The first-order chi connectivity index (χ1) is 7.58. The maximum Gasteiger partial charge on any atom is 0.179 e. The van der Waals surface area contributed by atoms with E-state index in [4.69, 9.17) is 16.3 Å². The second-order valence-electron chi connectivity index (χ2n) is 4.34. The van der Waals surface area contributed by atoms with Gasteiger partial charge in [-0.05, 0) is 32.4 Å².